The van der Waals surface area contributed by atoms with Crippen molar-refractivity contribution in [3.63, 3.8) is 0 Å². The molecule has 1 aliphatic heterocycles. The van der Waals surface area contributed by atoms with Crippen molar-refractivity contribution in [3.05, 3.63) is 10.5 Å². The molecule has 1 saturated heterocycles. The van der Waals surface area contributed by atoms with Crippen molar-refractivity contribution in [2.24, 2.45) is 0 Å². The molecule has 0 radical (unpaired) electrons. The smallest absolute Gasteiger partial charge is 0.219 e. The van der Waals surface area contributed by atoms with Gasteiger partial charge in [0.15, 0.2) is 5.13 Å². The van der Waals surface area contributed by atoms with E-state index < -0.39 is 0 Å². The molecular formula is C16H25ClN4OS. The standard InChI is InChI=1S/C16H25ClN4OS/c1-12(22)20-8-6-14(7-9-20)21(13-4-2-3-5-13)11-19-16-18-10-15(17)23-16/h10,13-14H,2-9,11H2,1H3,(H,18,19). The number of nitrogens with one attached hydrogen (secondary N) is 1. The first-order chi connectivity index (χ1) is 11.1. The van der Waals surface area contributed by atoms with Gasteiger partial charge in [0.25, 0.3) is 0 Å². The largest absolute Gasteiger partial charge is 0.349 e. The first kappa shape index (κ1) is 17.0. The molecule has 1 N–H and O–H groups in total. The van der Waals surface area contributed by atoms with Gasteiger partial charge >= 0.3 is 0 Å². The summed E-state index contributed by atoms with van der Waals surface area (Å²) in [4.78, 5) is 20.4. The third kappa shape index (κ3) is 4.37. The number of rotatable bonds is 5. The van der Waals surface area contributed by atoms with Crippen molar-refractivity contribution in [3.8, 4) is 0 Å². The fraction of sp³-hybridized carbons (Fsp3) is 0.750. The number of thiazole rings is 1. The van der Waals surface area contributed by atoms with Gasteiger partial charge in [-0.1, -0.05) is 35.8 Å². The monoisotopic (exact) mass is 356 g/mol. The van der Waals surface area contributed by atoms with Gasteiger partial charge in [-0.25, -0.2) is 4.98 Å². The van der Waals surface area contributed by atoms with Gasteiger partial charge in [-0.2, -0.15) is 0 Å². The zero-order valence-corrected chi connectivity index (χ0v) is 15.2. The predicted octanol–water partition coefficient (Wildman–Crippen LogP) is 3.42. The second kappa shape index (κ2) is 7.81. The zero-order chi connectivity index (χ0) is 16.2. The van der Waals surface area contributed by atoms with Crippen molar-refractivity contribution in [1.82, 2.24) is 14.8 Å². The molecule has 3 rings (SSSR count). The van der Waals surface area contributed by atoms with Gasteiger partial charge in [0.05, 0.1) is 12.9 Å². The van der Waals surface area contributed by atoms with Crippen LogP contribution in [0.25, 0.3) is 0 Å². The van der Waals surface area contributed by atoms with Gasteiger partial charge in [0.1, 0.15) is 4.34 Å². The Balaban J connectivity index is 1.60. The Hall–Kier alpha value is -0.850. The summed E-state index contributed by atoms with van der Waals surface area (Å²) in [6.07, 6.45) is 9.06. The normalized spacial score (nSPS) is 20.4. The van der Waals surface area contributed by atoms with E-state index in [1.165, 1.54) is 37.0 Å². The minimum Gasteiger partial charge on any atom is -0.349 e. The van der Waals surface area contributed by atoms with Crippen molar-refractivity contribution in [2.45, 2.75) is 57.5 Å². The maximum atomic E-state index is 11.5. The van der Waals surface area contributed by atoms with Crippen LogP contribution in [-0.4, -0.2) is 52.5 Å². The van der Waals surface area contributed by atoms with Gasteiger partial charge in [0.2, 0.25) is 5.91 Å². The van der Waals surface area contributed by atoms with Crippen LogP contribution in [0.2, 0.25) is 4.34 Å². The van der Waals surface area contributed by atoms with E-state index in [4.69, 9.17) is 11.6 Å². The molecule has 0 aromatic carbocycles. The number of carbonyl (C=O) groups excluding carboxylic acids is 1. The van der Waals surface area contributed by atoms with Gasteiger partial charge in [-0.15, -0.1) is 0 Å². The Morgan fingerprint density at radius 3 is 2.57 bits per heavy atom. The number of piperidine rings is 1. The van der Waals surface area contributed by atoms with E-state index in [0.717, 1.165) is 42.1 Å². The van der Waals surface area contributed by atoms with Gasteiger partial charge in [0, 0.05) is 32.1 Å². The van der Waals surface area contributed by atoms with Crippen LogP contribution in [0.15, 0.2) is 6.20 Å². The summed E-state index contributed by atoms with van der Waals surface area (Å²) in [6, 6.07) is 1.21. The topological polar surface area (TPSA) is 48.5 Å². The molecule has 2 aliphatic rings. The summed E-state index contributed by atoms with van der Waals surface area (Å²) in [5.41, 5.74) is 0. The lowest BCUT2D eigenvalue weighted by Gasteiger charge is -2.41. The third-order valence-electron chi connectivity index (χ3n) is 5.06. The van der Waals surface area contributed by atoms with Gasteiger partial charge in [-0.3, -0.25) is 9.69 Å². The van der Waals surface area contributed by atoms with Crippen molar-refractivity contribution < 1.29 is 4.79 Å². The fourth-order valence-corrected chi connectivity index (χ4v) is 4.60. The molecule has 7 heteroatoms. The quantitative estimate of drug-likeness (QED) is 0.821. The first-order valence-electron chi connectivity index (χ1n) is 8.50. The highest BCUT2D eigenvalue weighted by molar-refractivity contribution is 7.19. The molecule has 0 atom stereocenters. The number of nitrogens with zero attached hydrogens (tertiary/aromatic N) is 3. The highest BCUT2D eigenvalue weighted by Gasteiger charge is 2.31. The summed E-state index contributed by atoms with van der Waals surface area (Å²) in [5, 5.41) is 4.33. The molecule has 0 spiro atoms. The van der Waals surface area contributed by atoms with E-state index in [9.17, 15) is 4.79 Å². The lowest BCUT2D eigenvalue weighted by Crippen LogP contribution is -2.50. The highest BCUT2D eigenvalue weighted by atomic mass is 35.5. The molecule has 0 bridgehead atoms. The second-order valence-corrected chi connectivity index (χ2v) is 8.16. The van der Waals surface area contributed by atoms with Gasteiger partial charge < -0.3 is 10.2 Å². The second-order valence-electron chi connectivity index (χ2n) is 6.49. The number of anilines is 1. The summed E-state index contributed by atoms with van der Waals surface area (Å²) in [6.45, 7) is 4.25. The fourth-order valence-electron chi connectivity index (χ4n) is 3.80. The predicted molar refractivity (Wildman–Crippen MR) is 95.0 cm³/mol. The number of carbonyl (C=O) groups is 1. The van der Waals surface area contributed by atoms with E-state index in [1.54, 1.807) is 13.1 Å². The van der Waals surface area contributed by atoms with E-state index in [2.05, 4.69) is 15.2 Å². The Morgan fingerprint density at radius 1 is 1.35 bits per heavy atom. The molecular weight excluding hydrogens is 332 g/mol. The number of aromatic nitrogens is 1. The maximum absolute atomic E-state index is 11.5. The Labute approximate surface area is 147 Å². The van der Waals surface area contributed by atoms with Crippen LogP contribution in [0.3, 0.4) is 0 Å². The minimum atomic E-state index is 0.200. The molecule has 128 valence electrons. The van der Waals surface area contributed by atoms with Crippen LogP contribution in [0, 0.1) is 0 Å². The van der Waals surface area contributed by atoms with Crippen LogP contribution in [-0.2, 0) is 4.79 Å². The van der Waals surface area contributed by atoms with Crippen LogP contribution in [0.4, 0.5) is 5.13 Å². The van der Waals surface area contributed by atoms with Crippen molar-refractivity contribution in [1.29, 1.82) is 0 Å². The Morgan fingerprint density at radius 2 is 2.00 bits per heavy atom. The number of amides is 1. The molecule has 1 aromatic heterocycles. The SMILES string of the molecule is CC(=O)N1CCC(N(CNc2ncc(Cl)s2)C2CCCC2)CC1. The molecule has 2 heterocycles. The molecule has 1 aliphatic carbocycles. The zero-order valence-electron chi connectivity index (χ0n) is 13.6. The average molecular weight is 357 g/mol. The van der Waals surface area contributed by atoms with Crippen LogP contribution in [0.5, 0.6) is 0 Å². The van der Waals surface area contributed by atoms with E-state index in [1.807, 2.05) is 4.90 Å². The van der Waals surface area contributed by atoms with Crippen molar-refractivity contribution in [2.75, 3.05) is 25.1 Å². The first-order valence-corrected chi connectivity index (χ1v) is 9.69. The Bertz CT molecular complexity index is 524. The number of hydrogen-bond donors (Lipinski definition) is 1. The molecule has 23 heavy (non-hydrogen) atoms. The molecule has 1 aromatic rings. The number of likely N-dealkylation sites (tertiary alicyclic amines) is 1. The highest BCUT2D eigenvalue weighted by Crippen LogP contribution is 2.29. The summed E-state index contributed by atoms with van der Waals surface area (Å²) in [5.74, 6) is 0.200. The lowest BCUT2D eigenvalue weighted by molar-refractivity contribution is -0.130. The van der Waals surface area contributed by atoms with Crippen LogP contribution in [0.1, 0.15) is 45.4 Å². The summed E-state index contributed by atoms with van der Waals surface area (Å²) >= 11 is 7.45. The van der Waals surface area contributed by atoms with E-state index >= 15 is 0 Å². The van der Waals surface area contributed by atoms with Crippen LogP contribution >= 0.6 is 22.9 Å². The molecule has 2 fully saturated rings. The maximum Gasteiger partial charge on any atom is 0.219 e. The number of halogens is 1. The molecule has 0 unspecified atom stereocenters. The summed E-state index contributed by atoms with van der Waals surface area (Å²) in [7, 11) is 0. The van der Waals surface area contributed by atoms with Crippen molar-refractivity contribution >= 4 is 34.0 Å². The Kier molecular flexibility index (Phi) is 5.77. The minimum absolute atomic E-state index is 0.200. The van der Waals surface area contributed by atoms with Crippen LogP contribution < -0.4 is 5.32 Å². The average Bonchev–Trinajstić information content (AvgIpc) is 3.20. The van der Waals surface area contributed by atoms with E-state index in [0.29, 0.717) is 12.1 Å². The van der Waals surface area contributed by atoms with E-state index in [-0.39, 0.29) is 5.91 Å². The molecule has 5 nitrogen and oxygen atoms in total. The lowest BCUT2D eigenvalue weighted by atomic mass is 10.0. The van der Waals surface area contributed by atoms with Gasteiger partial charge in [-0.05, 0) is 25.7 Å². The molecule has 1 amide bonds. The summed E-state index contributed by atoms with van der Waals surface area (Å²) < 4.78 is 0.717. The number of hydrogen-bond acceptors (Lipinski definition) is 5. The third-order valence-corrected chi connectivity index (χ3v) is 6.14. The molecule has 1 saturated carbocycles.